The van der Waals surface area contributed by atoms with E-state index in [1.54, 1.807) is 49.4 Å². The molecule has 1 unspecified atom stereocenters. The highest BCUT2D eigenvalue weighted by Gasteiger charge is 2.32. The fraction of sp³-hybridized carbons (Fsp3) is 0.286. The second-order valence-corrected chi connectivity index (χ2v) is 11.9. The largest absolute Gasteiger partial charge is 0.352 e. The summed E-state index contributed by atoms with van der Waals surface area (Å²) in [7, 11) is -4.08. The molecule has 9 heteroatoms. The molecule has 3 aromatic carbocycles. The van der Waals surface area contributed by atoms with Gasteiger partial charge >= 0.3 is 0 Å². The molecule has 0 saturated heterocycles. The van der Waals surface area contributed by atoms with Crippen molar-refractivity contribution in [3.8, 4) is 0 Å². The van der Waals surface area contributed by atoms with E-state index in [9.17, 15) is 18.0 Å². The zero-order valence-corrected chi connectivity index (χ0v) is 23.8. The number of hydrogen-bond donors (Lipinski definition) is 1. The predicted molar refractivity (Wildman–Crippen MR) is 150 cm³/mol. The Labute approximate surface area is 227 Å². The minimum atomic E-state index is -4.08. The molecular formula is C28H32BrN3O4S. The van der Waals surface area contributed by atoms with Crippen LogP contribution in [0.1, 0.15) is 31.9 Å². The van der Waals surface area contributed by atoms with Crippen LogP contribution in [0.3, 0.4) is 0 Å². The summed E-state index contributed by atoms with van der Waals surface area (Å²) in [6.45, 7) is 6.97. The number of halogens is 1. The van der Waals surface area contributed by atoms with Gasteiger partial charge in [0.2, 0.25) is 11.8 Å². The first kappa shape index (κ1) is 28.4. The molecule has 0 fully saturated rings. The van der Waals surface area contributed by atoms with E-state index in [1.165, 1.54) is 17.0 Å². The number of aryl methyl sites for hydroxylation is 1. The first-order valence-electron chi connectivity index (χ1n) is 12.0. The van der Waals surface area contributed by atoms with Crippen LogP contribution in [0.4, 0.5) is 5.69 Å². The van der Waals surface area contributed by atoms with Gasteiger partial charge in [-0.15, -0.1) is 0 Å². The summed E-state index contributed by atoms with van der Waals surface area (Å²) in [5, 5.41) is 2.86. The van der Waals surface area contributed by atoms with Gasteiger partial charge < -0.3 is 10.2 Å². The van der Waals surface area contributed by atoms with Crippen LogP contribution in [0.2, 0.25) is 0 Å². The summed E-state index contributed by atoms with van der Waals surface area (Å²) in [6.07, 6.45) is 0. The third kappa shape index (κ3) is 7.20. The monoisotopic (exact) mass is 585 g/mol. The number of hydrogen-bond acceptors (Lipinski definition) is 4. The molecule has 3 rings (SSSR count). The molecule has 0 aliphatic carbocycles. The number of nitrogens with zero attached hydrogens (tertiary/aromatic N) is 2. The Balaban J connectivity index is 2.03. The lowest BCUT2D eigenvalue weighted by Gasteiger charge is -2.32. The van der Waals surface area contributed by atoms with Gasteiger partial charge in [0.05, 0.1) is 10.6 Å². The average Bonchev–Trinajstić information content (AvgIpc) is 2.86. The molecule has 0 aliphatic heterocycles. The molecule has 1 atom stereocenters. The number of sulfonamides is 1. The van der Waals surface area contributed by atoms with Gasteiger partial charge in [0.15, 0.2) is 0 Å². The Morgan fingerprint density at radius 2 is 1.57 bits per heavy atom. The third-order valence-electron chi connectivity index (χ3n) is 5.91. The highest BCUT2D eigenvalue weighted by atomic mass is 79.9. The van der Waals surface area contributed by atoms with E-state index in [0.29, 0.717) is 10.2 Å². The maximum atomic E-state index is 13.9. The van der Waals surface area contributed by atoms with Gasteiger partial charge in [0.25, 0.3) is 10.0 Å². The van der Waals surface area contributed by atoms with Crippen molar-refractivity contribution in [1.29, 1.82) is 0 Å². The minimum absolute atomic E-state index is 0.0684. The quantitative estimate of drug-likeness (QED) is 0.367. The van der Waals surface area contributed by atoms with Crippen molar-refractivity contribution in [1.82, 2.24) is 10.2 Å². The number of carbonyl (C=O) groups excluding carboxylic acids is 2. The van der Waals surface area contributed by atoms with Crippen LogP contribution >= 0.6 is 15.9 Å². The summed E-state index contributed by atoms with van der Waals surface area (Å²) < 4.78 is 29.2. The summed E-state index contributed by atoms with van der Waals surface area (Å²) in [4.78, 5) is 28.3. The van der Waals surface area contributed by atoms with Crippen LogP contribution in [0.15, 0.2) is 88.2 Å². The van der Waals surface area contributed by atoms with Crippen molar-refractivity contribution in [3.63, 3.8) is 0 Å². The Kier molecular flexibility index (Phi) is 9.50. The first-order valence-corrected chi connectivity index (χ1v) is 14.2. The van der Waals surface area contributed by atoms with E-state index in [2.05, 4.69) is 21.2 Å². The fourth-order valence-electron chi connectivity index (χ4n) is 3.84. The molecule has 1 N–H and O–H groups in total. The molecule has 0 heterocycles. The van der Waals surface area contributed by atoms with E-state index >= 15 is 0 Å². The molecule has 37 heavy (non-hydrogen) atoms. The molecule has 0 radical (unpaired) electrons. The summed E-state index contributed by atoms with van der Waals surface area (Å²) in [5.74, 6) is -0.800. The lowest BCUT2D eigenvalue weighted by molar-refractivity contribution is -0.139. The molecular weight excluding hydrogens is 554 g/mol. The van der Waals surface area contributed by atoms with Crippen LogP contribution in [0, 0.1) is 6.92 Å². The molecule has 196 valence electrons. The smallest absolute Gasteiger partial charge is 0.264 e. The first-order chi connectivity index (χ1) is 17.5. The Morgan fingerprint density at radius 3 is 2.19 bits per heavy atom. The number of benzene rings is 3. The van der Waals surface area contributed by atoms with Gasteiger partial charge in [-0.1, -0.05) is 64.5 Å². The molecule has 0 bridgehead atoms. The van der Waals surface area contributed by atoms with Gasteiger partial charge in [-0.05, 0) is 69.2 Å². The Bertz CT molecular complexity index is 1350. The molecule has 0 spiro atoms. The van der Waals surface area contributed by atoms with E-state index in [4.69, 9.17) is 0 Å². The average molecular weight is 587 g/mol. The maximum absolute atomic E-state index is 13.9. The molecule has 7 nitrogen and oxygen atoms in total. The second-order valence-electron chi connectivity index (χ2n) is 9.09. The van der Waals surface area contributed by atoms with E-state index in [0.717, 1.165) is 15.4 Å². The van der Waals surface area contributed by atoms with Crippen LogP contribution in [0.25, 0.3) is 0 Å². The lowest BCUT2D eigenvalue weighted by atomic mass is 10.1. The number of nitrogens with one attached hydrogen (secondary N) is 1. The van der Waals surface area contributed by atoms with E-state index in [1.807, 2.05) is 45.0 Å². The van der Waals surface area contributed by atoms with Gasteiger partial charge in [0.1, 0.15) is 12.6 Å². The van der Waals surface area contributed by atoms with Crippen molar-refractivity contribution in [2.45, 2.75) is 51.2 Å². The Morgan fingerprint density at radius 1 is 0.919 bits per heavy atom. The van der Waals surface area contributed by atoms with Gasteiger partial charge in [-0.3, -0.25) is 13.9 Å². The normalized spacial score (nSPS) is 12.2. The van der Waals surface area contributed by atoms with Crippen LogP contribution in [-0.2, 0) is 26.2 Å². The number of anilines is 1. The van der Waals surface area contributed by atoms with Gasteiger partial charge in [0, 0.05) is 17.1 Å². The van der Waals surface area contributed by atoms with Gasteiger partial charge in [-0.2, -0.15) is 0 Å². The highest BCUT2D eigenvalue weighted by Crippen LogP contribution is 2.27. The van der Waals surface area contributed by atoms with Crippen molar-refractivity contribution >= 4 is 43.5 Å². The third-order valence-corrected chi connectivity index (χ3v) is 8.19. The second kappa shape index (κ2) is 12.4. The number of amides is 2. The highest BCUT2D eigenvalue weighted by molar-refractivity contribution is 9.10. The molecule has 2 amide bonds. The van der Waals surface area contributed by atoms with E-state index < -0.39 is 28.5 Å². The SMILES string of the molecule is Cc1ccccc1CN(C(=O)CN(c1cccc(Br)c1)S(=O)(=O)c1ccccc1)C(C)C(=O)NC(C)C. The number of carbonyl (C=O) groups is 2. The topological polar surface area (TPSA) is 86.8 Å². The van der Waals surface area contributed by atoms with Crippen molar-refractivity contribution < 1.29 is 18.0 Å². The number of rotatable bonds is 10. The minimum Gasteiger partial charge on any atom is -0.352 e. The summed E-state index contributed by atoms with van der Waals surface area (Å²) >= 11 is 3.40. The Hall–Kier alpha value is -3.17. The lowest BCUT2D eigenvalue weighted by Crippen LogP contribution is -2.52. The fourth-order valence-corrected chi connectivity index (χ4v) is 5.65. The predicted octanol–water partition coefficient (Wildman–Crippen LogP) is 4.89. The molecule has 0 aliphatic rings. The van der Waals surface area contributed by atoms with Crippen molar-refractivity contribution in [2.24, 2.45) is 0 Å². The maximum Gasteiger partial charge on any atom is 0.264 e. The summed E-state index contributed by atoms with van der Waals surface area (Å²) in [5.41, 5.74) is 2.18. The molecule has 3 aromatic rings. The van der Waals surface area contributed by atoms with Gasteiger partial charge in [-0.25, -0.2) is 8.42 Å². The summed E-state index contributed by atoms with van der Waals surface area (Å²) in [6, 6.07) is 21.4. The van der Waals surface area contributed by atoms with Crippen LogP contribution < -0.4 is 9.62 Å². The standard InChI is InChI=1S/C28H32BrN3O4S/c1-20(2)30-28(34)22(4)31(18-23-12-9-8-11-21(23)3)27(33)19-32(25-14-10-13-24(29)17-25)37(35,36)26-15-6-5-7-16-26/h5-17,20,22H,18-19H2,1-4H3,(H,30,34). The molecule has 0 aromatic heterocycles. The van der Waals surface area contributed by atoms with Crippen LogP contribution in [0.5, 0.6) is 0 Å². The zero-order valence-electron chi connectivity index (χ0n) is 21.4. The van der Waals surface area contributed by atoms with E-state index in [-0.39, 0.29) is 23.4 Å². The van der Waals surface area contributed by atoms with Crippen molar-refractivity contribution in [3.05, 3.63) is 94.5 Å². The van der Waals surface area contributed by atoms with Crippen molar-refractivity contribution in [2.75, 3.05) is 10.8 Å². The zero-order chi connectivity index (χ0) is 27.2. The molecule has 0 saturated carbocycles. The van der Waals surface area contributed by atoms with Crippen LogP contribution in [-0.4, -0.2) is 43.8 Å².